The van der Waals surface area contributed by atoms with E-state index in [4.69, 9.17) is 10.2 Å². The van der Waals surface area contributed by atoms with Gasteiger partial charge in [0.25, 0.3) is 0 Å². The summed E-state index contributed by atoms with van der Waals surface area (Å²) in [6.07, 6.45) is 6.69. The average molecular weight is 387 g/mol. The minimum Gasteiger partial charge on any atom is -0.337 e. The molecule has 0 aliphatic rings. The van der Waals surface area contributed by atoms with Crippen LogP contribution in [0.25, 0.3) is 11.3 Å². The second kappa shape index (κ2) is 9.30. The monoisotopic (exact) mass is 386 g/mol. The van der Waals surface area contributed by atoms with E-state index >= 15 is 0 Å². The van der Waals surface area contributed by atoms with Crippen LogP contribution in [-0.2, 0) is 19.6 Å². The molecule has 4 rings (SSSR count). The van der Waals surface area contributed by atoms with Gasteiger partial charge >= 0.3 is 0 Å². The van der Waals surface area contributed by atoms with Crippen molar-refractivity contribution in [2.75, 3.05) is 6.54 Å². The average Bonchev–Trinajstić information content (AvgIpc) is 3.40. The second-order valence-corrected chi connectivity index (χ2v) is 7.15. The lowest BCUT2D eigenvalue weighted by molar-refractivity contribution is 0.558. The van der Waals surface area contributed by atoms with E-state index in [1.54, 1.807) is 0 Å². The van der Waals surface area contributed by atoms with E-state index in [9.17, 15) is 0 Å². The van der Waals surface area contributed by atoms with E-state index in [0.29, 0.717) is 13.1 Å². The lowest BCUT2D eigenvalue weighted by Crippen LogP contribution is -2.17. The van der Waals surface area contributed by atoms with Gasteiger partial charge < -0.3 is 9.88 Å². The number of rotatable bonds is 9. The molecule has 4 aromatic rings. The highest BCUT2D eigenvalue weighted by atomic mass is 15.5. The molecule has 0 atom stereocenters. The van der Waals surface area contributed by atoms with Crippen molar-refractivity contribution >= 4 is 0 Å². The van der Waals surface area contributed by atoms with Crippen molar-refractivity contribution in [3.63, 3.8) is 0 Å². The molecule has 2 aromatic heterocycles. The maximum atomic E-state index is 4.81. The van der Waals surface area contributed by atoms with Gasteiger partial charge in [-0.2, -0.15) is 15.0 Å². The highest BCUT2D eigenvalue weighted by Gasteiger charge is 2.13. The zero-order valence-corrected chi connectivity index (χ0v) is 16.7. The summed E-state index contributed by atoms with van der Waals surface area (Å²) in [5.41, 5.74) is 5.51. The fraction of sp³-hybridized carbons (Fsp3) is 0.261. The van der Waals surface area contributed by atoms with Crippen molar-refractivity contribution in [2.24, 2.45) is 0 Å². The molecule has 0 bridgehead atoms. The maximum absolute atomic E-state index is 4.81. The van der Waals surface area contributed by atoms with Gasteiger partial charge in [0, 0.05) is 31.0 Å². The lowest BCUT2D eigenvalue weighted by atomic mass is 10.1. The van der Waals surface area contributed by atoms with Gasteiger partial charge in [0.2, 0.25) is 0 Å². The summed E-state index contributed by atoms with van der Waals surface area (Å²) >= 11 is 0. The molecule has 6 nitrogen and oxygen atoms in total. The summed E-state index contributed by atoms with van der Waals surface area (Å²) in [4.78, 5) is 5.89. The Morgan fingerprint density at radius 3 is 2.59 bits per heavy atom. The first-order valence-electron chi connectivity index (χ1n) is 10.00. The zero-order valence-electron chi connectivity index (χ0n) is 16.7. The third-order valence-corrected chi connectivity index (χ3v) is 4.97. The van der Waals surface area contributed by atoms with Crippen molar-refractivity contribution in [1.29, 1.82) is 0 Å². The molecule has 0 amide bonds. The second-order valence-electron chi connectivity index (χ2n) is 7.15. The third-order valence-electron chi connectivity index (χ3n) is 4.97. The molecule has 0 aliphatic heterocycles. The summed E-state index contributed by atoms with van der Waals surface area (Å²) < 4.78 is 2.09. The molecule has 0 spiro atoms. The largest absolute Gasteiger partial charge is 0.337 e. The van der Waals surface area contributed by atoms with Crippen LogP contribution in [0.1, 0.15) is 23.2 Å². The summed E-state index contributed by atoms with van der Waals surface area (Å²) in [6.45, 7) is 5.37. The van der Waals surface area contributed by atoms with Crippen molar-refractivity contribution in [3.8, 4) is 11.3 Å². The Labute approximate surface area is 171 Å². The van der Waals surface area contributed by atoms with E-state index < -0.39 is 0 Å². The van der Waals surface area contributed by atoms with Crippen LogP contribution in [0.3, 0.4) is 0 Å². The summed E-state index contributed by atoms with van der Waals surface area (Å²) in [5.74, 6) is 0. The number of hydrogen-bond acceptors (Lipinski definition) is 4. The zero-order chi connectivity index (χ0) is 19.9. The van der Waals surface area contributed by atoms with Gasteiger partial charge in [-0.1, -0.05) is 54.6 Å². The quantitative estimate of drug-likeness (QED) is 0.446. The minimum absolute atomic E-state index is 0.674. The molecule has 2 aromatic carbocycles. The molecule has 0 unspecified atom stereocenters. The Bertz CT molecular complexity index is 1020. The van der Waals surface area contributed by atoms with Gasteiger partial charge in [-0.3, -0.25) is 0 Å². The minimum atomic E-state index is 0.674. The molecular weight excluding hydrogens is 360 g/mol. The van der Waals surface area contributed by atoms with Crippen LogP contribution in [-0.4, -0.2) is 31.1 Å². The van der Waals surface area contributed by atoms with Crippen LogP contribution in [0.15, 0.2) is 73.3 Å². The van der Waals surface area contributed by atoms with Gasteiger partial charge in [0.1, 0.15) is 11.4 Å². The van der Waals surface area contributed by atoms with Crippen LogP contribution in [0.5, 0.6) is 0 Å². The van der Waals surface area contributed by atoms with Crippen molar-refractivity contribution in [1.82, 2.24) is 29.9 Å². The van der Waals surface area contributed by atoms with Crippen LogP contribution < -0.4 is 5.32 Å². The topological polar surface area (TPSA) is 60.6 Å². The number of aromatic nitrogens is 5. The Morgan fingerprint density at radius 2 is 1.79 bits per heavy atom. The molecule has 6 heteroatoms. The molecular formula is C23H26N6. The summed E-state index contributed by atoms with van der Waals surface area (Å²) in [5, 5.41) is 13.1. The molecule has 148 valence electrons. The highest BCUT2D eigenvalue weighted by molar-refractivity contribution is 5.60. The molecule has 0 radical (unpaired) electrons. The molecule has 0 saturated heterocycles. The van der Waals surface area contributed by atoms with Crippen molar-refractivity contribution < 1.29 is 0 Å². The first kappa shape index (κ1) is 19.1. The fourth-order valence-electron chi connectivity index (χ4n) is 3.34. The summed E-state index contributed by atoms with van der Waals surface area (Å²) in [7, 11) is 0. The van der Waals surface area contributed by atoms with Gasteiger partial charge in [0.15, 0.2) is 0 Å². The van der Waals surface area contributed by atoms with Gasteiger partial charge in [-0.15, -0.1) is 0 Å². The Kier molecular flexibility index (Phi) is 6.12. The predicted octanol–water partition coefficient (Wildman–Crippen LogP) is 3.68. The van der Waals surface area contributed by atoms with E-state index in [-0.39, 0.29) is 0 Å². The number of nitrogens with zero attached hydrogens (tertiary/aromatic N) is 5. The van der Waals surface area contributed by atoms with E-state index in [1.807, 2.05) is 41.7 Å². The highest BCUT2D eigenvalue weighted by Crippen LogP contribution is 2.20. The first-order valence-corrected chi connectivity index (χ1v) is 10.00. The first-order chi connectivity index (χ1) is 14.3. The number of hydrogen-bond donors (Lipinski definition) is 1. The van der Waals surface area contributed by atoms with Crippen LogP contribution >= 0.6 is 0 Å². The Hall–Kier alpha value is -3.25. The van der Waals surface area contributed by atoms with Crippen molar-refractivity contribution in [2.45, 2.75) is 33.0 Å². The van der Waals surface area contributed by atoms with Gasteiger partial charge in [-0.05, 0) is 31.0 Å². The smallest absolute Gasteiger partial charge is 0.117 e. The number of aryl methyl sites for hydroxylation is 2. The molecule has 2 heterocycles. The van der Waals surface area contributed by atoms with E-state index in [1.165, 1.54) is 11.1 Å². The van der Waals surface area contributed by atoms with E-state index in [2.05, 4.69) is 58.2 Å². The Morgan fingerprint density at radius 1 is 0.966 bits per heavy atom. The SMILES string of the molecule is Cc1ccccc1Cn1nc(CNCCCn2ccnc2)c(-c2ccccc2)n1. The molecule has 1 N–H and O–H groups in total. The van der Waals surface area contributed by atoms with Crippen LogP contribution in [0.4, 0.5) is 0 Å². The third kappa shape index (κ3) is 4.97. The lowest BCUT2D eigenvalue weighted by Gasteiger charge is -2.05. The maximum Gasteiger partial charge on any atom is 0.117 e. The van der Waals surface area contributed by atoms with Crippen LogP contribution in [0, 0.1) is 6.92 Å². The van der Waals surface area contributed by atoms with Crippen molar-refractivity contribution in [3.05, 3.63) is 90.1 Å². The van der Waals surface area contributed by atoms with Crippen LogP contribution in [0.2, 0.25) is 0 Å². The van der Waals surface area contributed by atoms with E-state index in [0.717, 1.165) is 36.5 Å². The van der Waals surface area contributed by atoms with Gasteiger partial charge in [0.05, 0.1) is 12.9 Å². The molecule has 0 aliphatic carbocycles. The number of nitrogens with one attached hydrogen (secondary N) is 1. The Balaban J connectivity index is 1.45. The molecule has 0 saturated carbocycles. The fourth-order valence-corrected chi connectivity index (χ4v) is 3.34. The standard InChI is InChI=1S/C23H26N6/c1-19-8-5-6-11-21(19)17-29-26-22(23(27-29)20-9-3-2-4-10-20)16-24-12-7-14-28-15-13-25-18-28/h2-6,8-11,13,15,18,24H,7,12,14,16-17H2,1H3. The van der Waals surface area contributed by atoms with Gasteiger partial charge in [-0.25, -0.2) is 4.98 Å². The summed E-state index contributed by atoms with van der Waals surface area (Å²) in [6, 6.07) is 18.7. The number of imidazole rings is 1. The number of benzene rings is 2. The predicted molar refractivity (Wildman–Crippen MR) is 114 cm³/mol. The normalized spacial score (nSPS) is 11.1. The molecule has 0 fully saturated rings. The molecule has 29 heavy (non-hydrogen) atoms.